The predicted octanol–water partition coefficient (Wildman–Crippen LogP) is 5.52. The van der Waals surface area contributed by atoms with Crippen molar-refractivity contribution < 1.29 is 0 Å². The van der Waals surface area contributed by atoms with Crippen LogP contribution in [0.5, 0.6) is 0 Å². The fraction of sp³-hybridized carbons (Fsp3) is 1.00. The molecule has 0 heterocycles. The highest BCUT2D eigenvalue weighted by Gasteiger charge is 2.45. The van der Waals surface area contributed by atoms with Gasteiger partial charge in [-0.2, -0.15) is 0 Å². The minimum Gasteiger partial charge on any atom is -0.0651 e. The molecule has 0 N–H and O–H groups in total. The van der Waals surface area contributed by atoms with E-state index in [0.717, 1.165) is 23.7 Å². The van der Waals surface area contributed by atoms with E-state index in [1.807, 2.05) is 0 Å². The summed E-state index contributed by atoms with van der Waals surface area (Å²) in [4.78, 5) is 0. The molecule has 0 amide bonds. The molecule has 0 aromatic carbocycles. The minimum atomic E-state index is 0.622. The van der Waals surface area contributed by atoms with Crippen LogP contribution in [0.15, 0.2) is 0 Å². The molecule has 0 spiro atoms. The largest absolute Gasteiger partial charge is 0.0651 e. The van der Waals surface area contributed by atoms with Crippen LogP contribution in [0.25, 0.3) is 0 Å². The second-order valence-corrected chi connectivity index (χ2v) is 6.17. The standard InChI is InChI=1S/C16H32/c1-7-15(13(6)14-11-12(14)5)16(8-2,9-3)10-4/h12-15H,7-11H2,1-6H3. The van der Waals surface area contributed by atoms with Gasteiger partial charge < -0.3 is 0 Å². The monoisotopic (exact) mass is 224 g/mol. The molecule has 1 saturated carbocycles. The summed E-state index contributed by atoms with van der Waals surface area (Å²) < 4.78 is 0. The quantitative estimate of drug-likeness (QED) is 0.534. The summed E-state index contributed by atoms with van der Waals surface area (Å²) in [6.45, 7) is 14.6. The fourth-order valence-electron chi connectivity index (χ4n) is 4.28. The van der Waals surface area contributed by atoms with Gasteiger partial charge in [-0.3, -0.25) is 0 Å². The van der Waals surface area contributed by atoms with E-state index in [1.54, 1.807) is 0 Å². The van der Waals surface area contributed by atoms with Crippen molar-refractivity contribution in [3.8, 4) is 0 Å². The van der Waals surface area contributed by atoms with E-state index in [0.29, 0.717) is 5.41 Å². The Morgan fingerprint density at radius 2 is 1.50 bits per heavy atom. The molecule has 0 aromatic rings. The number of hydrogen-bond acceptors (Lipinski definition) is 0. The highest BCUT2D eigenvalue weighted by Crippen LogP contribution is 2.53. The van der Waals surface area contributed by atoms with E-state index in [9.17, 15) is 0 Å². The molecule has 1 aliphatic carbocycles. The lowest BCUT2D eigenvalue weighted by atomic mass is 9.63. The van der Waals surface area contributed by atoms with Gasteiger partial charge in [-0.25, -0.2) is 0 Å². The van der Waals surface area contributed by atoms with Crippen LogP contribution in [0.3, 0.4) is 0 Å². The van der Waals surface area contributed by atoms with E-state index in [-0.39, 0.29) is 0 Å². The molecule has 4 unspecified atom stereocenters. The molecule has 0 radical (unpaired) electrons. The van der Waals surface area contributed by atoms with E-state index >= 15 is 0 Å². The molecule has 0 aromatic heterocycles. The van der Waals surface area contributed by atoms with Crippen LogP contribution in [0, 0.1) is 29.1 Å². The van der Waals surface area contributed by atoms with E-state index in [4.69, 9.17) is 0 Å². The molecule has 0 saturated heterocycles. The summed E-state index contributed by atoms with van der Waals surface area (Å²) in [7, 11) is 0. The Balaban J connectivity index is 2.77. The van der Waals surface area contributed by atoms with E-state index in [1.165, 1.54) is 32.1 Å². The van der Waals surface area contributed by atoms with Gasteiger partial charge in [0.1, 0.15) is 0 Å². The molecule has 1 aliphatic rings. The first-order valence-electron chi connectivity index (χ1n) is 7.56. The van der Waals surface area contributed by atoms with Gasteiger partial charge in [-0.1, -0.05) is 67.2 Å². The average Bonchev–Trinajstić information content (AvgIpc) is 3.03. The normalized spacial score (nSPS) is 28.9. The Kier molecular flexibility index (Phi) is 4.88. The van der Waals surface area contributed by atoms with Crippen LogP contribution in [0.1, 0.15) is 73.6 Å². The van der Waals surface area contributed by atoms with Crippen LogP contribution in [-0.4, -0.2) is 0 Å². The second-order valence-electron chi connectivity index (χ2n) is 6.17. The lowest BCUT2D eigenvalue weighted by Gasteiger charge is -2.42. The molecule has 1 rings (SSSR count). The predicted molar refractivity (Wildman–Crippen MR) is 73.5 cm³/mol. The van der Waals surface area contributed by atoms with Crippen LogP contribution in [-0.2, 0) is 0 Å². The molecule has 0 heteroatoms. The average molecular weight is 224 g/mol. The first kappa shape index (κ1) is 14.1. The third-order valence-corrected chi connectivity index (χ3v) is 5.82. The Bertz CT molecular complexity index is 194. The highest BCUT2D eigenvalue weighted by atomic mass is 14.5. The number of hydrogen-bond donors (Lipinski definition) is 0. The molecule has 0 aliphatic heterocycles. The molecular weight excluding hydrogens is 192 g/mol. The Hall–Kier alpha value is 0. The van der Waals surface area contributed by atoms with Gasteiger partial charge in [0.2, 0.25) is 0 Å². The summed E-state index contributed by atoms with van der Waals surface area (Å²) in [5.41, 5.74) is 0.622. The Morgan fingerprint density at radius 1 is 1.06 bits per heavy atom. The van der Waals surface area contributed by atoms with Gasteiger partial charge in [-0.05, 0) is 35.5 Å². The van der Waals surface area contributed by atoms with Crippen molar-refractivity contribution in [2.75, 3.05) is 0 Å². The van der Waals surface area contributed by atoms with Crippen LogP contribution >= 0.6 is 0 Å². The smallest absolute Gasteiger partial charge is 0.0274 e. The van der Waals surface area contributed by atoms with Gasteiger partial charge in [0.25, 0.3) is 0 Å². The SMILES string of the molecule is CCC(C(C)C1CC1C)C(CC)(CC)CC. The van der Waals surface area contributed by atoms with Crippen molar-refractivity contribution >= 4 is 0 Å². The molecule has 96 valence electrons. The summed E-state index contributed by atoms with van der Waals surface area (Å²) >= 11 is 0. The zero-order chi connectivity index (χ0) is 12.3. The van der Waals surface area contributed by atoms with Crippen molar-refractivity contribution in [2.24, 2.45) is 29.1 Å². The maximum Gasteiger partial charge on any atom is -0.0274 e. The van der Waals surface area contributed by atoms with Crippen molar-refractivity contribution in [3.63, 3.8) is 0 Å². The van der Waals surface area contributed by atoms with Crippen molar-refractivity contribution in [1.82, 2.24) is 0 Å². The lowest BCUT2D eigenvalue weighted by Crippen LogP contribution is -2.34. The molecule has 1 fully saturated rings. The molecule has 0 nitrogen and oxygen atoms in total. The molecule has 16 heavy (non-hydrogen) atoms. The molecule has 0 bridgehead atoms. The summed E-state index contributed by atoms with van der Waals surface area (Å²) in [6.07, 6.45) is 6.96. The van der Waals surface area contributed by atoms with Gasteiger partial charge in [0.15, 0.2) is 0 Å². The third kappa shape index (κ3) is 2.46. The Labute approximate surface area is 103 Å². The summed E-state index contributed by atoms with van der Waals surface area (Å²) in [5.74, 6) is 3.93. The maximum atomic E-state index is 2.53. The van der Waals surface area contributed by atoms with Crippen LogP contribution in [0.2, 0.25) is 0 Å². The first-order valence-corrected chi connectivity index (χ1v) is 7.56. The van der Waals surface area contributed by atoms with Gasteiger partial charge in [-0.15, -0.1) is 0 Å². The lowest BCUT2D eigenvalue weighted by molar-refractivity contribution is 0.0720. The topological polar surface area (TPSA) is 0 Å². The zero-order valence-corrected chi connectivity index (χ0v) is 12.3. The maximum absolute atomic E-state index is 2.53. The summed E-state index contributed by atoms with van der Waals surface area (Å²) in [6, 6.07) is 0. The van der Waals surface area contributed by atoms with E-state index in [2.05, 4.69) is 41.5 Å². The van der Waals surface area contributed by atoms with Crippen LogP contribution in [0.4, 0.5) is 0 Å². The summed E-state index contributed by atoms with van der Waals surface area (Å²) in [5, 5.41) is 0. The second kappa shape index (κ2) is 5.56. The van der Waals surface area contributed by atoms with Crippen molar-refractivity contribution in [1.29, 1.82) is 0 Å². The van der Waals surface area contributed by atoms with E-state index < -0.39 is 0 Å². The van der Waals surface area contributed by atoms with Gasteiger partial charge in [0.05, 0.1) is 0 Å². The fourth-order valence-corrected chi connectivity index (χ4v) is 4.28. The van der Waals surface area contributed by atoms with Crippen molar-refractivity contribution in [3.05, 3.63) is 0 Å². The Morgan fingerprint density at radius 3 is 1.75 bits per heavy atom. The first-order chi connectivity index (χ1) is 7.56. The van der Waals surface area contributed by atoms with Gasteiger partial charge >= 0.3 is 0 Å². The number of rotatable bonds is 7. The van der Waals surface area contributed by atoms with Crippen molar-refractivity contribution in [2.45, 2.75) is 73.6 Å². The van der Waals surface area contributed by atoms with Crippen LogP contribution < -0.4 is 0 Å². The van der Waals surface area contributed by atoms with Gasteiger partial charge in [0, 0.05) is 0 Å². The molecule has 4 atom stereocenters. The molecular formula is C16H32. The highest BCUT2D eigenvalue weighted by molar-refractivity contribution is 4.94. The zero-order valence-electron chi connectivity index (χ0n) is 12.3. The minimum absolute atomic E-state index is 0.622. The third-order valence-electron chi connectivity index (χ3n) is 5.82.